The van der Waals surface area contributed by atoms with Crippen LogP contribution in [0.25, 0.3) is 0 Å². The number of rotatable bonds is 3. The van der Waals surface area contributed by atoms with Gasteiger partial charge in [0.1, 0.15) is 5.82 Å². The first-order valence-corrected chi connectivity index (χ1v) is 5.80. The molecule has 4 heteroatoms. The largest absolute Gasteiger partial charge is 0.368 e. The summed E-state index contributed by atoms with van der Waals surface area (Å²) in [5.74, 6) is 0.0590. The van der Waals surface area contributed by atoms with Crippen molar-refractivity contribution in [2.45, 2.75) is 25.7 Å². The Labute approximate surface area is 106 Å². The minimum Gasteiger partial charge on any atom is -0.368 e. The maximum Gasteiger partial charge on any atom is 0.219 e. The second kappa shape index (κ2) is 4.72. The van der Waals surface area contributed by atoms with Crippen molar-refractivity contribution in [3.8, 4) is 0 Å². The van der Waals surface area contributed by atoms with Gasteiger partial charge in [0.2, 0.25) is 5.95 Å². The van der Waals surface area contributed by atoms with Crippen LogP contribution in [0.15, 0.2) is 36.7 Å². The number of halogens is 1. The van der Waals surface area contributed by atoms with Gasteiger partial charge in [-0.2, -0.15) is 0 Å². The summed E-state index contributed by atoms with van der Waals surface area (Å²) >= 11 is 0. The van der Waals surface area contributed by atoms with Gasteiger partial charge in [-0.25, -0.2) is 14.4 Å². The number of anilines is 1. The zero-order valence-corrected chi connectivity index (χ0v) is 10.5. The monoisotopic (exact) mass is 245 g/mol. The number of benzene rings is 1. The van der Waals surface area contributed by atoms with Crippen molar-refractivity contribution in [2.24, 2.45) is 0 Å². The van der Waals surface area contributed by atoms with Crippen LogP contribution in [-0.2, 0) is 11.8 Å². The fourth-order valence-electron chi connectivity index (χ4n) is 1.97. The Morgan fingerprint density at radius 2 is 1.67 bits per heavy atom. The highest BCUT2D eigenvalue weighted by Gasteiger charge is 2.21. The lowest BCUT2D eigenvalue weighted by Gasteiger charge is -2.25. The van der Waals surface area contributed by atoms with Crippen LogP contribution in [0.5, 0.6) is 0 Å². The van der Waals surface area contributed by atoms with Gasteiger partial charge in [0, 0.05) is 12.4 Å². The predicted molar refractivity (Wildman–Crippen MR) is 69.6 cm³/mol. The smallest absolute Gasteiger partial charge is 0.219 e. The maximum atomic E-state index is 12.9. The van der Waals surface area contributed by atoms with E-state index < -0.39 is 0 Å². The minimum absolute atomic E-state index is 0.104. The lowest BCUT2D eigenvalue weighted by atomic mass is 9.80. The zero-order valence-electron chi connectivity index (χ0n) is 10.5. The molecule has 0 saturated heterocycles. The van der Waals surface area contributed by atoms with Gasteiger partial charge >= 0.3 is 0 Å². The molecule has 18 heavy (non-hydrogen) atoms. The van der Waals surface area contributed by atoms with E-state index in [9.17, 15) is 4.39 Å². The third-order valence-electron chi connectivity index (χ3n) is 3.00. The first-order valence-electron chi connectivity index (χ1n) is 5.80. The molecule has 0 unspecified atom stereocenters. The Morgan fingerprint density at radius 1 is 1.11 bits per heavy atom. The molecule has 1 aromatic carbocycles. The van der Waals surface area contributed by atoms with E-state index in [1.165, 1.54) is 12.1 Å². The molecule has 0 aliphatic carbocycles. The Morgan fingerprint density at radius 3 is 2.22 bits per heavy atom. The SMILES string of the molecule is CC(C)(Cc1cnc(N)nc1)c1ccc(F)cc1. The number of nitrogens with zero attached hydrogens (tertiary/aromatic N) is 2. The van der Waals surface area contributed by atoms with Crippen molar-refractivity contribution in [1.29, 1.82) is 0 Å². The third kappa shape index (κ3) is 2.83. The van der Waals surface area contributed by atoms with E-state index in [2.05, 4.69) is 23.8 Å². The van der Waals surface area contributed by atoms with Crippen LogP contribution in [0, 0.1) is 5.82 Å². The van der Waals surface area contributed by atoms with Crippen molar-refractivity contribution in [1.82, 2.24) is 9.97 Å². The highest BCUT2D eigenvalue weighted by Crippen LogP contribution is 2.27. The topological polar surface area (TPSA) is 51.8 Å². The van der Waals surface area contributed by atoms with Gasteiger partial charge in [-0.1, -0.05) is 26.0 Å². The highest BCUT2D eigenvalue weighted by molar-refractivity contribution is 5.27. The summed E-state index contributed by atoms with van der Waals surface area (Å²) < 4.78 is 12.9. The quantitative estimate of drug-likeness (QED) is 0.904. The minimum atomic E-state index is -0.217. The molecular weight excluding hydrogens is 229 g/mol. The van der Waals surface area contributed by atoms with Gasteiger partial charge in [0.05, 0.1) is 0 Å². The Bertz CT molecular complexity index is 518. The second-order valence-corrected chi connectivity index (χ2v) is 5.02. The maximum absolute atomic E-state index is 12.9. The van der Waals surface area contributed by atoms with Crippen LogP contribution in [0.1, 0.15) is 25.0 Å². The number of nitrogens with two attached hydrogens (primary N) is 1. The van der Waals surface area contributed by atoms with Crippen LogP contribution >= 0.6 is 0 Å². The van der Waals surface area contributed by atoms with Crippen LogP contribution in [0.3, 0.4) is 0 Å². The average Bonchev–Trinajstić information content (AvgIpc) is 2.32. The molecule has 2 aromatic rings. The molecule has 0 saturated carbocycles. The van der Waals surface area contributed by atoms with E-state index in [0.717, 1.165) is 17.5 Å². The summed E-state index contributed by atoms with van der Waals surface area (Å²) in [6.45, 7) is 4.22. The van der Waals surface area contributed by atoms with Crippen molar-refractivity contribution in [3.63, 3.8) is 0 Å². The molecule has 0 bridgehead atoms. The first-order chi connectivity index (χ1) is 8.47. The summed E-state index contributed by atoms with van der Waals surface area (Å²) in [6, 6.07) is 6.59. The van der Waals surface area contributed by atoms with E-state index in [0.29, 0.717) is 0 Å². The molecule has 0 aliphatic rings. The molecule has 94 valence electrons. The number of aromatic nitrogens is 2. The number of hydrogen-bond donors (Lipinski definition) is 1. The number of hydrogen-bond acceptors (Lipinski definition) is 3. The second-order valence-electron chi connectivity index (χ2n) is 5.02. The molecule has 0 amide bonds. The molecule has 2 N–H and O–H groups in total. The molecule has 0 fully saturated rings. The normalized spacial score (nSPS) is 11.5. The van der Waals surface area contributed by atoms with Gasteiger partial charge in [0.25, 0.3) is 0 Å². The number of nitrogen functional groups attached to an aromatic ring is 1. The Hall–Kier alpha value is -1.97. The van der Waals surface area contributed by atoms with Crippen molar-refractivity contribution in [2.75, 3.05) is 5.73 Å². The van der Waals surface area contributed by atoms with Crippen molar-refractivity contribution in [3.05, 3.63) is 53.6 Å². The summed E-state index contributed by atoms with van der Waals surface area (Å²) in [7, 11) is 0. The van der Waals surface area contributed by atoms with Crippen molar-refractivity contribution < 1.29 is 4.39 Å². The van der Waals surface area contributed by atoms with E-state index in [1.54, 1.807) is 12.4 Å². The molecular formula is C14H16FN3. The van der Waals surface area contributed by atoms with Crippen molar-refractivity contribution >= 4 is 5.95 Å². The molecule has 1 aromatic heterocycles. The summed E-state index contributed by atoms with van der Waals surface area (Å²) in [6.07, 6.45) is 4.24. The molecule has 0 radical (unpaired) electrons. The van der Waals surface area contributed by atoms with Crippen LogP contribution in [0.2, 0.25) is 0 Å². The zero-order chi connectivity index (χ0) is 13.2. The summed E-state index contributed by atoms with van der Waals surface area (Å²) in [4.78, 5) is 7.96. The molecule has 0 aliphatic heterocycles. The lowest BCUT2D eigenvalue weighted by molar-refractivity contribution is 0.518. The first kappa shape index (κ1) is 12.5. The van der Waals surface area contributed by atoms with Gasteiger partial charge in [0.15, 0.2) is 0 Å². The van der Waals surface area contributed by atoms with Gasteiger partial charge in [-0.3, -0.25) is 0 Å². The molecule has 3 nitrogen and oxygen atoms in total. The van der Waals surface area contributed by atoms with Crippen LogP contribution < -0.4 is 5.73 Å². The fourth-order valence-corrected chi connectivity index (χ4v) is 1.97. The van der Waals surface area contributed by atoms with Gasteiger partial charge in [-0.05, 0) is 35.1 Å². The lowest BCUT2D eigenvalue weighted by Crippen LogP contribution is -2.20. The Kier molecular flexibility index (Phi) is 3.28. The van der Waals surface area contributed by atoms with E-state index >= 15 is 0 Å². The average molecular weight is 245 g/mol. The van der Waals surface area contributed by atoms with Crippen LogP contribution in [-0.4, -0.2) is 9.97 Å². The molecule has 1 heterocycles. The molecule has 2 rings (SSSR count). The molecule has 0 spiro atoms. The Balaban J connectivity index is 2.20. The van der Waals surface area contributed by atoms with E-state index in [4.69, 9.17) is 5.73 Å². The summed E-state index contributed by atoms with van der Waals surface area (Å²) in [5.41, 5.74) is 7.45. The third-order valence-corrected chi connectivity index (χ3v) is 3.00. The van der Waals surface area contributed by atoms with E-state index in [-0.39, 0.29) is 17.2 Å². The van der Waals surface area contributed by atoms with E-state index in [1.807, 2.05) is 12.1 Å². The summed E-state index contributed by atoms with van der Waals surface area (Å²) in [5, 5.41) is 0. The molecule has 0 atom stereocenters. The predicted octanol–water partition coefficient (Wildman–Crippen LogP) is 2.72. The highest BCUT2D eigenvalue weighted by atomic mass is 19.1. The van der Waals surface area contributed by atoms with Gasteiger partial charge in [-0.15, -0.1) is 0 Å². The standard InChI is InChI=1S/C14H16FN3/c1-14(2,11-3-5-12(15)6-4-11)7-10-8-17-13(16)18-9-10/h3-6,8-9H,7H2,1-2H3,(H2,16,17,18). The fraction of sp³-hybridized carbons (Fsp3) is 0.286. The van der Waals surface area contributed by atoms with Crippen LogP contribution in [0.4, 0.5) is 10.3 Å². The van der Waals surface area contributed by atoms with Gasteiger partial charge < -0.3 is 5.73 Å².